The second kappa shape index (κ2) is 6.00. The minimum Gasteiger partial charge on any atom is -0.481 e. The summed E-state index contributed by atoms with van der Waals surface area (Å²) >= 11 is 0. The van der Waals surface area contributed by atoms with Crippen LogP contribution in [0.2, 0.25) is 0 Å². The number of aromatic nitrogens is 2. The van der Waals surface area contributed by atoms with E-state index in [0.717, 1.165) is 24.7 Å². The van der Waals surface area contributed by atoms with Gasteiger partial charge in [-0.2, -0.15) is 4.98 Å². The number of ether oxygens (including phenoxy) is 1. The number of likely N-dealkylation sites (N-methyl/N-ethyl adjacent to an activating group) is 1. The molecule has 5 heteroatoms. The molecule has 0 aromatic carbocycles. The summed E-state index contributed by atoms with van der Waals surface area (Å²) in [6, 6.07) is 2.44. The molecule has 1 unspecified atom stereocenters. The fourth-order valence-corrected chi connectivity index (χ4v) is 2.33. The van der Waals surface area contributed by atoms with E-state index in [4.69, 9.17) is 4.74 Å². The molecule has 1 aliphatic rings. The molecule has 1 fully saturated rings. The maximum absolute atomic E-state index is 5.18. The highest BCUT2D eigenvalue weighted by atomic mass is 16.5. The van der Waals surface area contributed by atoms with Crippen molar-refractivity contribution in [3.63, 3.8) is 0 Å². The highest BCUT2D eigenvalue weighted by Crippen LogP contribution is 2.17. The lowest BCUT2D eigenvalue weighted by Gasteiger charge is -2.28. The first kappa shape index (κ1) is 13.1. The molecule has 0 amide bonds. The topological polar surface area (TPSA) is 50.3 Å². The first-order valence-corrected chi connectivity index (χ1v) is 6.53. The van der Waals surface area contributed by atoms with E-state index >= 15 is 0 Å². The van der Waals surface area contributed by atoms with Crippen molar-refractivity contribution in [2.75, 3.05) is 32.1 Å². The van der Waals surface area contributed by atoms with Crippen LogP contribution in [0.1, 0.15) is 25.1 Å². The summed E-state index contributed by atoms with van der Waals surface area (Å²) in [5.74, 6) is 2.29. The van der Waals surface area contributed by atoms with E-state index in [9.17, 15) is 0 Å². The number of methoxy groups -OCH3 is 1. The van der Waals surface area contributed by atoms with Gasteiger partial charge >= 0.3 is 0 Å². The third-order valence-corrected chi connectivity index (χ3v) is 3.31. The SMILES string of the molecule is COc1cc(N(C)CC2CCCCN2)nc(C)n1. The zero-order valence-corrected chi connectivity index (χ0v) is 11.4. The average molecular weight is 250 g/mol. The molecule has 0 aliphatic carbocycles. The van der Waals surface area contributed by atoms with Crippen LogP contribution in [0, 0.1) is 6.92 Å². The van der Waals surface area contributed by atoms with Crippen LogP contribution in [0.4, 0.5) is 5.82 Å². The molecule has 5 nitrogen and oxygen atoms in total. The van der Waals surface area contributed by atoms with Gasteiger partial charge in [-0.05, 0) is 26.3 Å². The van der Waals surface area contributed by atoms with E-state index < -0.39 is 0 Å². The standard InChI is InChI=1S/C13H22N4O/c1-10-15-12(8-13(16-10)18-3)17(2)9-11-6-4-5-7-14-11/h8,11,14H,4-7,9H2,1-3H3. The van der Waals surface area contributed by atoms with Crippen LogP contribution in [-0.4, -0.2) is 43.3 Å². The summed E-state index contributed by atoms with van der Waals surface area (Å²) in [5, 5.41) is 3.55. The number of rotatable bonds is 4. The molecule has 0 bridgehead atoms. The van der Waals surface area contributed by atoms with Crippen LogP contribution in [0.5, 0.6) is 5.88 Å². The van der Waals surface area contributed by atoms with Gasteiger partial charge < -0.3 is 15.0 Å². The Hall–Kier alpha value is -1.36. The van der Waals surface area contributed by atoms with Crippen molar-refractivity contribution in [3.8, 4) is 5.88 Å². The van der Waals surface area contributed by atoms with Crippen LogP contribution >= 0.6 is 0 Å². The summed E-state index contributed by atoms with van der Waals surface area (Å²) in [6.07, 6.45) is 3.85. The Balaban J connectivity index is 2.02. The molecule has 1 saturated heterocycles. The second-order valence-electron chi connectivity index (χ2n) is 4.84. The zero-order valence-electron chi connectivity index (χ0n) is 11.4. The molecule has 2 heterocycles. The van der Waals surface area contributed by atoms with E-state index in [2.05, 4.69) is 27.2 Å². The predicted octanol–water partition coefficient (Wildman–Crippen LogP) is 1.37. The largest absolute Gasteiger partial charge is 0.481 e. The van der Waals surface area contributed by atoms with Gasteiger partial charge in [-0.1, -0.05) is 6.42 Å². The van der Waals surface area contributed by atoms with E-state index in [0.29, 0.717) is 11.9 Å². The van der Waals surface area contributed by atoms with Crippen LogP contribution in [0.15, 0.2) is 6.07 Å². The first-order chi connectivity index (χ1) is 8.69. The Morgan fingerprint density at radius 1 is 1.44 bits per heavy atom. The third-order valence-electron chi connectivity index (χ3n) is 3.31. The lowest BCUT2D eigenvalue weighted by Crippen LogP contribution is -2.42. The van der Waals surface area contributed by atoms with Gasteiger partial charge in [0.1, 0.15) is 11.6 Å². The molecule has 1 N–H and O–H groups in total. The van der Waals surface area contributed by atoms with Gasteiger partial charge in [0.25, 0.3) is 0 Å². The fraction of sp³-hybridized carbons (Fsp3) is 0.692. The minimum atomic E-state index is 0.560. The normalized spacial score (nSPS) is 19.6. The molecule has 1 aromatic heterocycles. The van der Waals surface area contributed by atoms with E-state index in [-0.39, 0.29) is 0 Å². The number of hydrogen-bond donors (Lipinski definition) is 1. The van der Waals surface area contributed by atoms with Crippen molar-refractivity contribution in [3.05, 3.63) is 11.9 Å². The lowest BCUT2D eigenvalue weighted by molar-refractivity contribution is 0.393. The van der Waals surface area contributed by atoms with Gasteiger partial charge in [0.05, 0.1) is 7.11 Å². The molecule has 100 valence electrons. The molecule has 18 heavy (non-hydrogen) atoms. The highest BCUT2D eigenvalue weighted by Gasteiger charge is 2.16. The predicted molar refractivity (Wildman–Crippen MR) is 72.2 cm³/mol. The van der Waals surface area contributed by atoms with Gasteiger partial charge in [0, 0.05) is 25.7 Å². The Bertz CT molecular complexity index is 391. The number of nitrogens with zero attached hydrogens (tertiary/aromatic N) is 3. The smallest absolute Gasteiger partial charge is 0.218 e. The van der Waals surface area contributed by atoms with E-state index in [1.54, 1.807) is 7.11 Å². The summed E-state index contributed by atoms with van der Waals surface area (Å²) < 4.78 is 5.18. The van der Waals surface area contributed by atoms with Gasteiger partial charge in [0.15, 0.2) is 0 Å². The number of aryl methyl sites for hydroxylation is 1. The van der Waals surface area contributed by atoms with Gasteiger partial charge in [-0.3, -0.25) is 0 Å². The summed E-state index contributed by atoms with van der Waals surface area (Å²) in [7, 11) is 3.70. The van der Waals surface area contributed by atoms with Crippen LogP contribution in [0.3, 0.4) is 0 Å². The summed E-state index contributed by atoms with van der Waals surface area (Å²) in [6.45, 7) is 3.99. The van der Waals surface area contributed by atoms with Gasteiger partial charge in [-0.25, -0.2) is 4.98 Å². The average Bonchev–Trinajstić information content (AvgIpc) is 2.39. The fourth-order valence-electron chi connectivity index (χ4n) is 2.33. The van der Waals surface area contributed by atoms with Crippen molar-refractivity contribution < 1.29 is 4.74 Å². The number of anilines is 1. The van der Waals surface area contributed by atoms with Crippen molar-refractivity contribution in [1.82, 2.24) is 15.3 Å². The number of nitrogens with one attached hydrogen (secondary N) is 1. The number of hydrogen-bond acceptors (Lipinski definition) is 5. The Kier molecular flexibility index (Phi) is 4.36. The molecule has 2 rings (SSSR count). The summed E-state index contributed by atoms with van der Waals surface area (Å²) in [5.41, 5.74) is 0. The van der Waals surface area contributed by atoms with Crippen molar-refractivity contribution in [2.45, 2.75) is 32.2 Å². The van der Waals surface area contributed by atoms with Gasteiger partial charge in [0.2, 0.25) is 5.88 Å². The third kappa shape index (κ3) is 3.32. The molecule has 0 saturated carbocycles. The molecular weight excluding hydrogens is 228 g/mol. The minimum absolute atomic E-state index is 0.560. The first-order valence-electron chi connectivity index (χ1n) is 6.53. The quantitative estimate of drug-likeness (QED) is 0.874. The zero-order chi connectivity index (χ0) is 13.0. The maximum atomic E-state index is 5.18. The van der Waals surface area contributed by atoms with Crippen LogP contribution in [0.25, 0.3) is 0 Å². The molecule has 1 aliphatic heterocycles. The van der Waals surface area contributed by atoms with Crippen LogP contribution in [-0.2, 0) is 0 Å². The highest BCUT2D eigenvalue weighted by molar-refractivity contribution is 5.41. The maximum Gasteiger partial charge on any atom is 0.218 e. The Labute approximate surface area is 109 Å². The molecule has 1 aromatic rings. The van der Waals surface area contributed by atoms with Crippen molar-refractivity contribution in [1.29, 1.82) is 0 Å². The van der Waals surface area contributed by atoms with Crippen LogP contribution < -0.4 is 15.0 Å². The molecule has 0 spiro atoms. The Morgan fingerprint density at radius 3 is 2.94 bits per heavy atom. The van der Waals surface area contributed by atoms with E-state index in [1.165, 1.54) is 19.3 Å². The lowest BCUT2D eigenvalue weighted by atomic mass is 10.0. The second-order valence-corrected chi connectivity index (χ2v) is 4.84. The molecule has 1 atom stereocenters. The van der Waals surface area contributed by atoms with E-state index in [1.807, 2.05) is 13.0 Å². The molecular formula is C13H22N4O. The monoisotopic (exact) mass is 250 g/mol. The number of piperidine rings is 1. The van der Waals surface area contributed by atoms with Gasteiger partial charge in [-0.15, -0.1) is 0 Å². The van der Waals surface area contributed by atoms with Crippen molar-refractivity contribution >= 4 is 5.82 Å². The summed E-state index contributed by atoms with van der Waals surface area (Å²) in [4.78, 5) is 10.8. The molecule has 0 radical (unpaired) electrons. The van der Waals surface area contributed by atoms with Crippen molar-refractivity contribution in [2.24, 2.45) is 0 Å². The Morgan fingerprint density at radius 2 is 2.28 bits per heavy atom.